The van der Waals surface area contributed by atoms with Crippen LogP contribution in [-0.2, 0) is 4.79 Å². The third kappa shape index (κ3) is 4.57. The first kappa shape index (κ1) is 11.2. The normalized spacial score (nSPS) is 13.0. The number of ketones is 1. The third-order valence-corrected chi connectivity index (χ3v) is 2.54. The summed E-state index contributed by atoms with van der Waals surface area (Å²) in [5, 5.41) is 0.523. The van der Waals surface area contributed by atoms with Gasteiger partial charge >= 0.3 is 0 Å². The molecule has 0 aromatic carbocycles. The van der Waals surface area contributed by atoms with Crippen molar-refractivity contribution < 1.29 is 4.79 Å². The highest BCUT2D eigenvalue weighted by molar-refractivity contribution is 9.09. The van der Waals surface area contributed by atoms with Crippen LogP contribution < -0.4 is 0 Å². The van der Waals surface area contributed by atoms with Crippen molar-refractivity contribution in [3.05, 3.63) is 0 Å². The summed E-state index contributed by atoms with van der Waals surface area (Å²) >= 11 is 3.20. The van der Waals surface area contributed by atoms with E-state index >= 15 is 0 Å². The Bertz CT molecular complexity index is 112. The van der Waals surface area contributed by atoms with Gasteiger partial charge in [-0.2, -0.15) is 0 Å². The molecule has 0 aromatic heterocycles. The van der Waals surface area contributed by atoms with Crippen molar-refractivity contribution >= 4 is 21.7 Å². The van der Waals surface area contributed by atoms with Gasteiger partial charge in [0.2, 0.25) is 0 Å². The van der Waals surface area contributed by atoms with Gasteiger partial charge < -0.3 is 0 Å². The van der Waals surface area contributed by atoms with Gasteiger partial charge in [0.15, 0.2) is 0 Å². The first-order valence-corrected chi connectivity index (χ1v) is 5.47. The molecule has 0 aliphatic carbocycles. The Hall–Kier alpha value is 0.150. The summed E-state index contributed by atoms with van der Waals surface area (Å²) in [7, 11) is 0. The lowest BCUT2D eigenvalue weighted by Gasteiger charge is -2.10. The van der Waals surface area contributed by atoms with Gasteiger partial charge in [-0.25, -0.2) is 0 Å². The molecule has 0 aromatic rings. The zero-order valence-corrected chi connectivity index (χ0v) is 8.99. The number of hydrogen-bond acceptors (Lipinski definition) is 1. The quantitative estimate of drug-likeness (QED) is 0.629. The molecule has 0 N–H and O–H groups in total. The molecular formula is C9H17BrO. The fraction of sp³-hybridized carbons (Fsp3) is 0.889. The van der Waals surface area contributed by atoms with Crippen LogP contribution in [0.2, 0.25) is 0 Å². The van der Waals surface area contributed by atoms with E-state index in [9.17, 15) is 4.79 Å². The van der Waals surface area contributed by atoms with Crippen molar-refractivity contribution in [1.82, 2.24) is 0 Å². The summed E-state index contributed by atoms with van der Waals surface area (Å²) in [5.41, 5.74) is 0. The maximum absolute atomic E-state index is 11.2. The van der Waals surface area contributed by atoms with Gasteiger partial charge in [0.05, 0.1) is 5.33 Å². The number of halogens is 1. The van der Waals surface area contributed by atoms with E-state index in [0.717, 1.165) is 12.8 Å². The Kier molecular flexibility index (Phi) is 6.93. The summed E-state index contributed by atoms with van der Waals surface area (Å²) in [6, 6.07) is 0. The van der Waals surface area contributed by atoms with Gasteiger partial charge in [0.1, 0.15) is 5.78 Å². The first-order chi connectivity index (χ1) is 5.26. The highest BCUT2D eigenvalue weighted by Crippen LogP contribution is 2.14. The van der Waals surface area contributed by atoms with Crippen LogP contribution in [0.25, 0.3) is 0 Å². The largest absolute Gasteiger partial charge is 0.298 e. The third-order valence-electron chi connectivity index (χ3n) is 1.99. The Labute approximate surface area is 77.7 Å². The molecule has 66 valence electrons. The second-order valence-electron chi connectivity index (χ2n) is 2.85. The lowest BCUT2D eigenvalue weighted by atomic mass is 9.96. The van der Waals surface area contributed by atoms with Gasteiger partial charge in [0.25, 0.3) is 0 Å². The van der Waals surface area contributed by atoms with Crippen molar-refractivity contribution in [3.8, 4) is 0 Å². The molecule has 1 nitrogen and oxygen atoms in total. The summed E-state index contributed by atoms with van der Waals surface area (Å²) < 4.78 is 0. The molecule has 0 heterocycles. The highest BCUT2D eigenvalue weighted by Gasteiger charge is 2.13. The van der Waals surface area contributed by atoms with Crippen LogP contribution in [0.5, 0.6) is 0 Å². The molecule has 1 unspecified atom stereocenters. The molecule has 0 saturated carbocycles. The van der Waals surface area contributed by atoms with E-state index < -0.39 is 0 Å². The Morgan fingerprint density at radius 3 is 2.45 bits per heavy atom. The zero-order valence-electron chi connectivity index (χ0n) is 7.40. The lowest BCUT2D eigenvalue weighted by Crippen LogP contribution is -2.14. The topological polar surface area (TPSA) is 17.1 Å². The molecule has 1 atom stereocenters. The van der Waals surface area contributed by atoms with Gasteiger partial charge in [-0.05, 0) is 12.8 Å². The van der Waals surface area contributed by atoms with Gasteiger partial charge in [-0.3, -0.25) is 4.79 Å². The highest BCUT2D eigenvalue weighted by atomic mass is 79.9. The maximum atomic E-state index is 11.2. The van der Waals surface area contributed by atoms with Crippen LogP contribution in [0.3, 0.4) is 0 Å². The molecule has 0 saturated heterocycles. The number of rotatable bonds is 6. The van der Waals surface area contributed by atoms with Gasteiger partial charge in [-0.1, -0.05) is 42.6 Å². The fourth-order valence-corrected chi connectivity index (χ4v) is 1.61. The number of alkyl halides is 1. The average Bonchev–Trinajstić information content (AvgIpc) is 2.05. The molecule has 0 radical (unpaired) electrons. The van der Waals surface area contributed by atoms with E-state index in [-0.39, 0.29) is 0 Å². The minimum absolute atomic E-state index is 0.300. The van der Waals surface area contributed by atoms with Crippen LogP contribution >= 0.6 is 15.9 Å². The van der Waals surface area contributed by atoms with Crippen molar-refractivity contribution in [1.29, 1.82) is 0 Å². The van der Waals surface area contributed by atoms with E-state index in [1.165, 1.54) is 12.8 Å². The van der Waals surface area contributed by atoms with Crippen LogP contribution in [0.4, 0.5) is 0 Å². The maximum Gasteiger partial charge on any atom is 0.146 e. The van der Waals surface area contributed by atoms with Crippen LogP contribution in [0.1, 0.15) is 39.5 Å². The number of Topliss-reactive ketones (excluding diaryl/α,β-unsaturated/α-hetero) is 1. The van der Waals surface area contributed by atoms with E-state index in [2.05, 4.69) is 29.8 Å². The van der Waals surface area contributed by atoms with E-state index in [4.69, 9.17) is 0 Å². The molecular weight excluding hydrogens is 204 g/mol. The summed E-state index contributed by atoms with van der Waals surface area (Å²) in [5.74, 6) is 0.662. The standard InChI is InChI=1S/C9H17BrO/c1-3-5-6-8(4-2)9(11)7-10/h8H,3-7H2,1-2H3. The number of hydrogen-bond donors (Lipinski definition) is 0. The average molecular weight is 221 g/mol. The molecule has 0 aliphatic heterocycles. The first-order valence-electron chi connectivity index (χ1n) is 4.34. The van der Waals surface area contributed by atoms with E-state index in [1.54, 1.807) is 0 Å². The monoisotopic (exact) mass is 220 g/mol. The van der Waals surface area contributed by atoms with Crippen LogP contribution in [0.15, 0.2) is 0 Å². The lowest BCUT2D eigenvalue weighted by molar-refractivity contribution is -0.120. The molecule has 0 fully saturated rings. The van der Waals surface area contributed by atoms with E-state index in [1.807, 2.05) is 0 Å². The predicted octanol–water partition coefficient (Wildman–Crippen LogP) is 3.17. The molecule has 0 bridgehead atoms. The summed E-state index contributed by atoms with van der Waals surface area (Å²) in [6.07, 6.45) is 4.42. The van der Waals surface area contributed by atoms with Crippen LogP contribution in [0, 0.1) is 5.92 Å². The Balaban J connectivity index is 3.65. The predicted molar refractivity (Wildman–Crippen MR) is 52.1 cm³/mol. The number of carbonyl (C=O) groups is 1. The van der Waals surface area contributed by atoms with Crippen molar-refractivity contribution in [2.45, 2.75) is 39.5 Å². The molecule has 2 heteroatoms. The van der Waals surface area contributed by atoms with Crippen LogP contribution in [-0.4, -0.2) is 11.1 Å². The van der Waals surface area contributed by atoms with Crippen molar-refractivity contribution in [2.75, 3.05) is 5.33 Å². The molecule has 0 rings (SSSR count). The number of carbonyl (C=O) groups excluding carboxylic acids is 1. The molecule has 0 aliphatic rings. The second kappa shape index (κ2) is 6.84. The molecule has 0 spiro atoms. The van der Waals surface area contributed by atoms with E-state index in [0.29, 0.717) is 17.0 Å². The van der Waals surface area contributed by atoms with Crippen molar-refractivity contribution in [2.24, 2.45) is 5.92 Å². The summed E-state index contributed by atoms with van der Waals surface area (Å²) in [4.78, 5) is 11.2. The van der Waals surface area contributed by atoms with Gasteiger partial charge in [-0.15, -0.1) is 0 Å². The molecule has 0 amide bonds. The molecule has 11 heavy (non-hydrogen) atoms. The Morgan fingerprint density at radius 2 is 2.09 bits per heavy atom. The Morgan fingerprint density at radius 1 is 1.45 bits per heavy atom. The fourth-order valence-electron chi connectivity index (χ4n) is 1.15. The smallest absolute Gasteiger partial charge is 0.146 e. The van der Waals surface area contributed by atoms with Gasteiger partial charge in [0, 0.05) is 5.92 Å². The second-order valence-corrected chi connectivity index (χ2v) is 3.41. The minimum Gasteiger partial charge on any atom is -0.298 e. The SMILES string of the molecule is CCCCC(CC)C(=O)CBr. The zero-order chi connectivity index (χ0) is 8.69. The number of unbranched alkanes of at least 4 members (excludes halogenated alkanes) is 1. The van der Waals surface area contributed by atoms with Crippen molar-refractivity contribution in [3.63, 3.8) is 0 Å². The minimum atomic E-state index is 0.300. The summed E-state index contributed by atoms with van der Waals surface area (Å²) in [6.45, 7) is 4.24.